The minimum atomic E-state index is -0.121. The van der Waals surface area contributed by atoms with Gasteiger partial charge in [0.15, 0.2) is 0 Å². The van der Waals surface area contributed by atoms with E-state index in [0.29, 0.717) is 12.6 Å². The van der Waals surface area contributed by atoms with Crippen molar-refractivity contribution >= 4 is 7.85 Å². The van der Waals surface area contributed by atoms with Crippen LogP contribution in [-0.4, -0.2) is 46.3 Å². The van der Waals surface area contributed by atoms with Crippen molar-refractivity contribution in [2.75, 3.05) is 20.3 Å². The van der Waals surface area contributed by atoms with E-state index in [1.165, 1.54) is 77.0 Å². The highest BCUT2D eigenvalue weighted by Gasteiger charge is 2.28. The second kappa shape index (κ2) is 16.1. The zero-order chi connectivity index (χ0) is 18.2. The topological polar surface area (TPSA) is 30.5 Å². The highest BCUT2D eigenvalue weighted by molar-refractivity contribution is 6.11. The fraction of sp³-hybridized carbons (Fsp3) is 1.00. The average molecular weight is 351 g/mol. The Kier molecular flexibility index (Phi) is 14.8. The summed E-state index contributed by atoms with van der Waals surface area (Å²) in [5, 5.41) is 3.65. The molecule has 0 aromatic heterocycles. The molecule has 1 fully saturated rings. The van der Waals surface area contributed by atoms with Crippen molar-refractivity contribution in [3.05, 3.63) is 0 Å². The van der Waals surface area contributed by atoms with Crippen LogP contribution in [0.5, 0.6) is 0 Å². The molecule has 0 spiro atoms. The Bertz CT molecular complexity index is 291. The van der Waals surface area contributed by atoms with Gasteiger partial charge in [0, 0.05) is 19.2 Å². The molecule has 0 bridgehead atoms. The Balaban J connectivity index is 1.88. The molecule has 1 unspecified atom stereocenters. The first-order valence-electron chi connectivity index (χ1n) is 10.9. The van der Waals surface area contributed by atoms with Crippen LogP contribution < -0.4 is 5.32 Å². The summed E-state index contributed by atoms with van der Waals surface area (Å²) in [4.78, 5) is 0. The molecule has 1 rings (SSSR count). The Hall–Kier alpha value is -0.0551. The van der Waals surface area contributed by atoms with Crippen LogP contribution >= 0.6 is 0 Å². The SMILES string of the molecule is [B][C@H]1CCC(NCCCCCCCCCCCCCC)[C@@H](COC)O1. The van der Waals surface area contributed by atoms with E-state index in [2.05, 4.69) is 12.2 Å². The van der Waals surface area contributed by atoms with Gasteiger partial charge in [0.2, 0.25) is 0 Å². The van der Waals surface area contributed by atoms with Crippen LogP contribution in [0, 0.1) is 0 Å². The molecule has 3 nitrogen and oxygen atoms in total. The second-order valence-corrected chi connectivity index (χ2v) is 7.70. The molecule has 1 heterocycles. The lowest BCUT2D eigenvalue weighted by Gasteiger charge is -2.36. The zero-order valence-corrected chi connectivity index (χ0v) is 16.9. The van der Waals surface area contributed by atoms with Gasteiger partial charge in [0.1, 0.15) is 7.85 Å². The lowest BCUT2D eigenvalue weighted by atomic mass is 9.88. The third-order valence-electron chi connectivity index (χ3n) is 5.33. The van der Waals surface area contributed by atoms with Gasteiger partial charge in [-0.3, -0.25) is 0 Å². The molecule has 1 saturated heterocycles. The van der Waals surface area contributed by atoms with Crippen LogP contribution in [0.3, 0.4) is 0 Å². The van der Waals surface area contributed by atoms with E-state index in [1.807, 2.05) is 0 Å². The van der Waals surface area contributed by atoms with E-state index in [0.717, 1.165) is 19.4 Å². The van der Waals surface area contributed by atoms with Crippen LogP contribution in [0.1, 0.15) is 96.8 Å². The van der Waals surface area contributed by atoms with E-state index < -0.39 is 0 Å². The summed E-state index contributed by atoms with van der Waals surface area (Å²) >= 11 is 0. The maximum absolute atomic E-state index is 5.89. The first kappa shape index (κ1) is 23.0. The van der Waals surface area contributed by atoms with E-state index >= 15 is 0 Å². The first-order valence-corrected chi connectivity index (χ1v) is 10.9. The molecule has 4 heteroatoms. The minimum Gasteiger partial charge on any atom is -0.382 e. The lowest BCUT2D eigenvalue weighted by Crippen LogP contribution is -2.49. The first-order chi connectivity index (χ1) is 12.3. The smallest absolute Gasteiger partial charge is 0.109 e. The van der Waals surface area contributed by atoms with Gasteiger partial charge in [0.05, 0.1) is 12.7 Å². The summed E-state index contributed by atoms with van der Waals surface area (Å²) in [5.74, 6) is 0. The second-order valence-electron chi connectivity index (χ2n) is 7.70. The van der Waals surface area contributed by atoms with Crippen molar-refractivity contribution in [1.82, 2.24) is 5.32 Å². The third-order valence-corrected chi connectivity index (χ3v) is 5.33. The van der Waals surface area contributed by atoms with Crippen molar-refractivity contribution in [1.29, 1.82) is 0 Å². The van der Waals surface area contributed by atoms with Crippen molar-refractivity contribution in [2.24, 2.45) is 0 Å². The fourth-order valence-corrected chi connectivity index (χ4v) is 3.72. The number of nitrogens with one attached hydrogen (secondary N) is 1. The summed E-state index contributed by atoms with van der Waals surface area (Å²) in [6.07, 6.45) is 18.9. The number of ether oxygens (including phenoxy) is 2. The van der Waals surface area contributed by atoms with E-state index in [-0.39, 0.29) is 12.1 Å². The molecule has 1 aliphatic rings. The summed E-state index contributed by atoms with van der Waals surface area (Å²) in [6, 6.07) is 0.275. The van der Waals surface area contributed by atoms with Crippen LogP contribution in [-0.2, 0) is 9.47 Å². The van der Waals surface area contributed by atoms with Crippen LogP contribution in [0.4, 0.5) is 0 Å². The Morgan fingerprint density at radius 1 is 0.880 bits per heavy atom. The van der Waals surface area contributed by atoms with Crippen LogP contribution in [0.2, 0.25) is 0 Å². The number of unbranched alkanes of at least 4 members (excludes halogenated alkanes) is 11. The molecular weight excluding hydrogens is 309 g/mol. The fourth-order valence-electron chi connectivity index (χ4n) is 3.72. The predicted molar refractivity (Wildman–Crippen MR) is 108 cm³/mol. The predicted octanol–water partition coefficient (Wildman–Crippen LogP) is 4.97. The monoisotopic (exact) mass is 351 g/mol. The summed E-state index contributed by atoms with van der Waals surface area (Å²) in [7, 11) is 7.61. The standard InChI is InChI=1S/C21H42BNO2/c1-3-4-5-6-7-8-9-10-11-12-13-14-17-23-19-15-16-21(22)25-20(19)18-24-2/h19-21,23H,3-18H2,1-2H3/t19?,20-,21-/m1/s1. The Morgan fingerprint density at radius 2 is 1.44 bits per heavy atom. The maximum Gasteiger partial charge on any atom is 0.109 e. The van der Waals surface area contributed by atoms with E-state index in [1.54, 1.807) is 7.11 Å². The minimum absolute atomic E-state index is 0.103. The van der Waals surface area contributed by atoms with Crippen molar-refractivity contribution in [3.8, 4) is 0 Å². The summed E-state index contributed by atoms with van der Waals surface area (Å²) in [5.41, 5.74) is 0. The van der Waals surface area contributed by atoms with Crippen molar-refractivity contribution < 1.29 is 9.47 Å². The molecule has 1 N–H and O–H groups in total. The number of hydrogen-bond acceptors (Lipinski definition) is 3. The zero-order valence-electron chi connectivity index (χ0n) is 16.9. The summed E-state index contributed by atoms with van der Waals surface area (Å²) < 4.78 is 11.1. The molecule has 0 saturated carbocycles. The van der Waals surface area contributed by atoms with Gasteiger partial charge in [-0.05, 0) is 25.8 Å². The normalized spacial score (nSPS) is 23.8. The number of methoxy groups -OCH3 is 1. The molecule has 1 aliphatic heterocycles. The van der Waals surface area contributed by atoms with E-state index in [4.69, 9.17) is 17.3 Å². The van der Waals surface area contributed by atoms with Gasteiger partial charge in [-0.2, -0.15) is 0 Å². The lowest BCUT2D eigenvalue weighted by molar-refractivity contribution is -0.0658. The van der Waals surface area contributed by atoms with Crippen LogP contribution in [0.25, 0.3) is 0 Å². The number of hydrogen-bond donors (Lipinski definition) is 1. The molecule has 2 radical (unpaired) electrons. The van der Waals surface area contributed by atoms with Crippen molar-refractivity contribution in [2.45, 2.75) is 115 Å². The molecule has 146 valence electrons. The van der Waals surface area contributed by atoms with Gasteiger partial charge >= 0.3 is 0 Å². The molecular formula is C21H42BNO2. The highest BCUT2D eigenvalue weighted by atomic mass is 16.5. The van der Waals surface area contributed by atoms with E-state index in [9.17, 15) is 0 Å². The average Bonchev–Trinajstić information content (AvgIpc) is 2.61. The molecule has 3 atom stereocenters. The molecule has 0 amide bonds. The molecule has 25 heavy (non-hydrogen) atoms. The number of rotatable bonds is 16. The van der Waals surface area contributed by atoms with Gasteiger partial charge in [-0.1, -0.05) is 77.6 Å². The largest absolute Gasteiger partial charge is 0.382 e. The van der Waals surface area contributed by atoms with Crippen molar-refractivity contribution in [3.63, 3.8) is 0 Å². The van der Waals surface area contributed by atoms with Gasteiger partial charge in [0.25, 0.3) is 0 Å². The van der Waals surface area contributed by atoms with Gasteiger partial charge in [-0.15, -0.1) is 0 Å². The molecule has 0 aromatic rings. The quantitative estimate of drug-likeness (QED) is 0.315. The Morgan fingerprint density at radius 3 is 2.00 bits per heavy atom. The highest BCUT2D eigenvalue weighted by Crippen LogP contribution is 2.18. The van der Waals surface area contributed by atoms with Gasteiger partial charge in [-0.25, -0.2) is 0 Å². The molecule has 0 aromatic carbocycles. The van der Waals surface area contributed by atoms with Crippen LogP contribution in [0.15, 0.2) is 0 Å². The van der Waals surface area contributed by atoms with Gasteiger partial charge < -0.3 is 14.8 Å². The maximum atomic E-state index is 5.89. The Labute approximate surface area is 158 Å². The molecule has 0 aliphatic carbocycles. The third kappa shape index (κ3) is 12.0. The summed E-state index contributed by atoms with van der Waals surface area (Å²) in [6.45, 7) is 4.00.